The van der Waals surface area contributed by atoms with Crippen LogP contribution in [0.15, 0.2) is 42.5 Å². The number of halogens is 3. The summed E-state index contributed by atoms with van der Waals surface area (Å²) in [7, 11) is 0. The number of hydrogen-bond acceptors (Lipinski definition) is 5. The molecule has 0 aliphatic carbocycles. The molecular formula is C17H11F3N2O5. The Morgan fingerprint density at radius 1 is 1.15 bits per heavy atom. The minimum atomic E-state index is -1.75. The predicted molar refractivity (Wildman–Crippen MR) is 88.0 cm³/mol. The van der Waals surface area contributed by atoms with E-state index in [1.165, 1.54) is 30.3 Å². The molecule has 140 valence electrons. The highest BCUT2D eigenvalue weighted by Crippen LogP contribution is 2.19. The SMILES string of the molecule is O=C(COC(=O)/C=C/c1cccc([N+](=O)[O-])c1)Nc1ccc(F)c(F)c1F. The molecule has 27 heavy (non-hydrogen) atoms. The van der Waals surface area contributed by atoms with Gasteiger partial charge < -0.3 is 10.1 Å². The van der Waals surface area contributed by atoms with Gasteiger partial charge in [0.2, 0.25) is 0 Å². The molecule has 1 N–H and O–H groups in total. The molecule has 0 aromatic heterocycles. The van der Waals surface area contributed by atoms with Crippen LogP contribution in [0, 0.1) is 27.6 Å². The van der Waals surface area contributed by atoms with Crippen LogP contribution in [0.1, 0.15) is 5.56 Å². The van der Waals surface area contributed by atoms with Crippen molar-refractivity contribution in [1.82, 2.24) is 0 Å². The number of nitrogens with zero attached hydrogens (tertiary/aromatic N) is 1. The molecule has 2 rings (SSSR count). The first kappa shape index (κ1) is 19.6. The number of non-ortho nitro benzene ring substituents is 1. The van der Waals surface area contributed by atoms with Gasteiger partial charge in [-0.15, -0.1) is 0 Å². The molecule has 1 amide bonds. The molecule has 0 fully saturated rings. The summed E-state index contributed by atoms with van der Waals surface area (Å²) >= 11 is 0. The lowest BCUT2D eigenvalue weighted by Crippen LogP contribution is -2.21. The third kappa shape index (κ3) is 5.39. The number of hydrogen-bond donors (Lipinski definition) is 1. The molecule has 0 spiro atoms. The highest BCUT2D eigenvalue weighted by Gasteiger charge is 2.15. The van der Waals surface area contributed by atoms with Gasteiger partial charge >= 0.3 is 5.97 Å². The Labute approximate surface area is 150 Å². The second-order valence-electron chi connectivity index (χ2n) is 5.06. The van der Waals surface area contributed by atoms with E-state index >= 15 is 0 Å². The van der Waals surface area contributed by atoms with Gasteiger partial charge in [0.1, 0.15) is 0 Å². The molecule has 0 heterocycles. The Bertz CT molecular complexity index is 931. The molecule has 10 heteroatoms. The van der Waals surface area contributed by atoms with Crippen molar-refractivity contribution in [2.45, 2.75) is 0 Å². The number of nitro groups is 1. The number of amides is 1. The molecule has 0 saturated heterocycles. The highest BCUT2D eigenvalue weighted by molar-refractivity contribution is 5.94. The van der Waals surface area contributed by atoms with E-state index in [9.17, 15) is 32.9 Å². The van der Waals surface area contributed by atoms with E-state index in [4.69, 9.17) is 0 Å². The van der Waals surface area contributed by atoms with Crippen LogP contribution in [0.5, 0.6) is 0 Å². The summed E-state index contributed by atoms with van der Waals surface area (Å²) in [6.45, 7) is -0.809. The first-order chi connectivity index (χ1) is 12.8. The topological polar surface area (TPSA) is 98.5 Å². The minimum absolute atomic E-state index is 0.168. The Balaban J connectivity index is 1.90. The van der Waals surface area contributed by atoms with E-state index in [2.05, 4.69) is 4.74 Å². The lowest BCUT2D eigenvalue weighted by atomic mass is 10.2. The minimum Gasteiger partial charge on any atom is -0.452 e. The van der Waals surface area contributed by atoms with E-state index < -0.39 is 46.5 Å². The van der Waals surface area contributed by atoms with Crippen LogP contribution in [0.3, 0.4) is 0 Å². The number of anilines is 1. The number of esters is 1. The van der Waals surface area contributed by atoms with E-state index in [-0.39, 0.29) is 5.69 Å². The summed E-state index contributed by atoms with van der Waals surface area (Å²) < 4.78 is 43.9. The monoisotopic (exact) mass is 380 g/mol. The Morgan fingerprint density at radius 2 is 1.89 bits per heavy atom. The van der Waals surface area contributed by atoms with Crippen LogP contribution >= 0.6 is 0 Å². The third-order valence-corrected chi connectivity index (χ3v) is 3.15. The second kappa shape index (κ2) is 8.61. The van der Waals surface area contributed by atoms with Crippen molar-refractivity contribution < 1.29 is 32.4 Å². The van der Waals surface area contributed by atoms with Crippen molar-refractivity contribution in [2.24, 2.45) is 0 Å². The predicted octanol–water partition coefficient (Wildman–Crippen LogP) is 3.21. The molecule has 0 radical (unpaired) electrons. The Kier molecular flexibility index (Phi) is 6.26. The van der Waals surface area contributed by atoms with Gasteiger partial charge in [-0.25, -0.2) is 18.0 Å². The maximum Gasteiger partial charge on any atom is 0.331 e. The summed E-state index contributed by atoms with van der Waals surface area (Å²) in [5.74, 6) is -6.66. The van der Waals surface area contributed by atoms with Crippen LogP contribution in [-0.4, -0.2) is 23.4 Å². The van der Waals surface area contributed by atoms with Crippen LogP contribution in [0.4, 0.5) is 24.5 Å². The van der Waals surface area contributed by atoms with Gasteiger partial charge in [0.25, 0.3) is 11.6 Å². The molecule has 0 unspecified atom stereocenters. The molecule has 0 bridgehead atoms. The van der Waals surface area contributed by atoms with Gasteiger partial charge in [-0.3, -0.25) is 14.9 Å². The molecular weight excluding hydrogens is 369 g/mol. The van der Waals surface area contributed by atoms with E-state index in [1.54, 1.807) is 0 Å². The third-order valence-electron chi connectivity index (χ3n) is 3.15. The number of carbonyl (C=O) groups excluding carboxylic acids is 2. The van der Waals surface area contributed by atoms with Crippen molar-refractivity contribution >= 4 is 29.3 Å². The van der Waals surface area contributed by atoms with E-state index in [0.717, 1.165) is 12.1 Å². The van der Waals surface area contributed by atoms with Crippen molar-refractivity contribution in [3.8, 4) is 0 Å². The molecule has 0 aliphatic rings. The first-order valence-corrected chi connectivity index (χ1v) is 7.30. The van der Waals surface area contributed by atoms with Gasteiger partial charge in [0, 0.05) is 18.2 Å². The zero-order chi connectivity index (χ0) is 20.0. The van der Waals surface area contributed by atoms with Gasteiger partial charge in [-0.1, -0.05) is 12.1 Å². The number of carbonyl (C=O) groups is 2. The standard InChI is InChI=1S/C17H11F3N2O5/c18-12-5-6-13(17(20)16(12)19)21-14(23)9-27-15(24)7-4-10-2-1-3-11(8-10)22(25)26/h1-8H,9H2,(H,21,23)/b7-4+. The molecule has 7 nitrogen and oxygen atoms in total. The molecule has 2 aromatic rings. The smallest absolute Gasteiger partial charge is 0.331 e. The zero-order valence-corrected chi connectivity index (χ0v) is 13.4. The fourth-order valence-corrected chi connectivity index (χ4v) is 1.90. The lowest BCUT2D eigenvalue weighted by Gasteiger charge is -2.07. The average molecular weight is 380 g/mol. The summed E-state index contributed by atoms with van der Waals surface area (Å²) in [6, 6.07) is 6.87. The number of nitrogens with one attached hydrogen (secondary N) is 1. The normalized spacial score (nSPS) is 10.6. The summed E-state index contributed by atoms with van der Waals surface area (Å²) in [6.07, 6.45) is 2.17. The van der Waals surface area contributed by atoms with Gasteiger partial charge in [-0.05, 0) is 23.8 Å². The fraction of sp³-hybridized carbons (Fsp3) is 0.0588. The summed E-state index contributed by atoms with van der Waals surface area (Å²) in [5, 5.41) is 12.6. The van der Waals surface area contributed by atoms with Crippen LogP contribution in [0.25, 0.3) is 6.08 Å². The molecule has 0 aliphatic heterocycles. The molecule has 2 aromatic carbocycles. The highest BCUT2D eigenvalue weighted by atomic mass is 19.2. The lowest BCUT2D eigenvalue weighted by molar-refractivity contribution is -0.384. The summed E-state index contributed by atoms with van der Waals surface area (Å²) in [4.78, 5) is 33.2. The van der Waals surface area contributed by atoms with Gasteiger partial charge in [0.15, 0.2) is 24.1 Å². The van der Waals surface area contributed by atoms with E-state index in [0.29, 0.717) is 11.6 Å². The van der Waals surface area contributed by atoms with Crippen molar-refractivity contribution in [3.63, 3.8) is 0 Å². The van der Waals surface area contributed by atoms with Crippen molar-refractivity contribution in [2.75, 3.05) is 11.9 Å². The number of rotatable bonds is 6. The van der Waals surface area contributed by atoms with Crippen LogP contribution < -0.4 is 5.32 Å². The number of benzene rings is 2. The second-order valence-corrected chi connectivity index (χ2v) is 5.06. The number of ether oxygens (including phenoxy) is 1. The number of nitro benzene ring substituents is 1. The largest absolute Gasteiger partial charge is 0.452 e. The zero-order valence-electron chi connectivity index (χ0n) is 13.4. The van der Waals surface area contributed by atoms with Crippen LogP contribution in [0.2, 0.25) is 0 Å². The maximum absolute atomic E-state index is 13.4. The van der Waals surface area contributed by atoms with Crippen molar-refractivity contribution in [1.29, 1.82) is 0 Å². The summed E-state index contributed by atoms with van der Waals surface area (Å²) in [5.41, 5.74) is -0.421. The maximum atomic E-state index is 13.4. The van der Waals surface area contributed by atoms with Crippen molar-refractivity contribution in [3.05, 3.63) is 75.6 Å². The Hall–Kier alpha value is -3.69. The molecule has 0 saturated carbocycles. The van der Waals surface area contributed by atoms with Gasteiger partial charge in [0.05, 0.1) is 10.6 Å². The van der Waals surface area contributed by atoms with E-state index in [1.807, 2.05) is 5.32 Å². The quantitative estimate of drug-likeness (QED) is 0.273. The van der Waals surface area contributed by atoms with Gasteiger partial charge in [-0.2, -0.15) is 0 Å². The Morgan fingerprint density at radius 3 is 2.59 bits per heavy atom. The van der Waals surface area contributed by atoms with Crippen LogP contribution in [-0.2, 0) is 14.3 Å². The fourth-order valence-electron chi connectivity index (χ4n) is 1.90. The molecule has 0 atom stereocenters. The first-order valence-electron chi connectivity index (χ1n) is 7.30. The average Bonchev–Trinajstić information content (AvgIpc) is 2.65.